The molecule has 0 radical (unpaired) electrons. The van der Waals surface area contributed by atoms with E-state index >= 15 is 0 Å². The highest BCUT2D eigenvalue weighted by Gasteiger charge is 2.16. The molecule has 1 rings (SSSR count). The molecule has 0 bridgehead atoms. The third kappa shape index (κ3) is 2.13. The maximum Gasteiger partial charge on any atom is 0.161 e. The number of hydrogen-bond donors (Lipinski definition) is 1. The van der Waals surface area contributed by atoms with Crippen molar-refractivity contribution >= 4 is 0 Å². The molecule has 3 N–H and O–H groups in total. The second-order valence-corrected chi connectivity index (χ2v) is 3.92. The van der Waals surface area contributed by atoms with E-state index < -0.39 is 0 Å². The van der Waals surface area contributed by atoms with Crippen LogP contribution in [-0.4, -0.2) is 0 Å². The monoisotopic (exact) mass is 182 g/mol. The lowest BCUT2D eigenvalue weighted by molar-refractivity contribution is -0.431. The highest BCUT2D eigenvalue weighted by Crippen LogP contribution is 2.25. The van der Waals surface area contributed by atoms with Crippen LogP contribution in [0.1, 0.15) is 56.2 Å². The van der Waals surface area contributed by atoms with Crippen molar-refractivity contribution in [2.24, 2.45) is 0 Å². The first kappa shape index (κ1) is 10.3. The zero-order valence-electron chi connectivity index (χ0n) is 9.05. The van der Waals surface area contributed by atoms with Crippen molar-refractivity contribution in [2.75, 3.05) is 0 Å². The molecule has 1 atom stereocenters. The fourth-order valence-electron chi connectivity index (χ4n) is 1.50. The molecule has 2 nitrogen and oxygen atoms in total. The van der Waals surface area contributed by atoms with Gasteiger partial charge in [-0.3, -0.25) is 0 Å². The Hall–Kier alpha value is -0.760. The van der Waals surface area contributed by atoms with Gasteiger partial charge in [-0.05, 0) is 24.5 Å². The lowest BCUT2D eigenvalue weighted by atomic mass is 10.0. The molecule has 0 saturated carbocycles. The molecule has 0 aliphatic carbocycles. The van der Waals surface area contributed by atoms with Crippen LogP contribution in [0.5, 0.6) is 0 Å². The lowest BCUT2D eigenvalue weighted by Gasteiger charge is -1.99. The van der Waals surface area contributed by atoms with E-state index in [0.29, 0.717) is 12.0 Å². The molecule has 0 aliphatic heterocycles. The van der Waals surface area contributed by atoms with Gasteiger partial charge >= 0.3 is 0 Å². The Balaban J connectivity index is 2.95. The van der Waals surface area contributed by atoms with Gasteiger partial charge in [0.05, 0.1) is 0 Å². The Bertz CT molecular complexity index is 276. The van der Waals surface area contributed by atoms with Crippen molar-refractivity contribution in [1.82, 2.24) is 0 Å². The predicted molar refractivity (Wildman–Crippen MR) is 53.5 cm³/mol. The summed E-state index contributed by atoms with van der Waals surface area (Å²) in [6.45, 7) is 8.53. The molecule has 74 valence electrons. The summed E-state index contributed by atoms with van der Waals surface area (Å²) in [6, 6.07) is 2.45. The molecule has 1 heterocycles. The molecule has 1 aromatic rings. The Morgan fingerprint density at radius 2 is 2.08 bits per heavy atom. The Kier molecular flexibility index (Phi) is 3.15. The first-order valence-electron chi connectivity index (χ1n) is 4.99. The zero-order chi connectivity index (χ0) is 10.0. The van der Waals surface area contributed by atoms with Gasteiger partial charge in [-0.2, -0.15) is 0 Å². The van der Waals surface area contributed by atoms with Crippen LogP contribution >= 0.6 is 0 Å². The summed E-state index contributed by atoms with van der Waals surface area (Å²) in [6.07, 6.45) is 1.03. The molecule has 0 amide bonds. The summed E-state index contributed by atoms with van der Waals surface area (Å²) in [5, 5.41) is 0. The average molecular weight is 182 g/mol. The van der Waals surface area contributed by atoms with E-state index in [1.807, 2.05) is 6.92 Å². The second-order valence-electron chi connectivity index (χ2n) is 3.92. The smallest absolute Gasteiger partial charge is 0.161 e. The van der Waals surface area contributed by atoms with Crippen LogP contribution in [0.15, 0.2) is 10.5 Å². The highest BCUT2D eigenvalue weighted by molar-refractivity contribution is 5.24. The molecule has 0 aromatic carbocycles. The predicted octanol–water partition coefficient (Wildman–Crippen LogP) is 2.40. The Morgan fingerprint density at radius 3 is 2.46 bits per heavy atom. The molecule has 2 heteroatoms. The van der Waals surface area contributed by atoms with Crippen molar-refractivity contribution in [1.29, 1.82) is 0 Å². The normalized spacial score (nSPS) is 13.7. The van der Waals surface area contributed by atoms with Crippen molar-refractivity contribution in [2.45, 2.75) is 46.1 Å². The first-order chi connectivity index (χ1) is 6.06. The maximum atomic E-state index is 5.67. The topological polar surface area (TPSA) is 40.8 Å². The van der Waals surface area contributed by atoms with Crippen LogP contribution in [0, 0.1) is 6.92 Å². The molecular weight excluding hydrogens is 162 g/mol. The second kappa shape index (κ2) is 3.97. The van der Waals surface area contributed by atoms with E-state index in [-0.39, 0.29) is 0 Å². The summed E-state index contributed by atoms with van der Waals surface area (Å²) in [5.74, 6) is 2.62. The van der Waals surface area contributed by atoms with Gasteiger partial charge in [-0.15, -0.1) is 0 Å². The summed E-state index contributed by atoms with van der Waals surface area (Å²) in [5.41, 5.74) is 5.36. The van der Waals surface area contributed by atoms with Crippen LogP contribution in [0.3, 0.4) is 0 Å². The molecule has 0 aliphatic rings. The van der Waals surface area contributed by atoms with E-state index in [4.69, 9.17) is 4.42 Å². The molecule has 1 aromatic heterocycles. The summed E-state index contributed by atoms with van der Waals surface area (Å²) >= 11 is 0. The van der Waals surface area contributed by atoms with E-state index in [2.05, 4.69) is 32.6 Å². The Labute approximate surface area is 80.1 Å². The summed E-state index contributed by atoms with van der Waals surface area (Å²) < 4.78 is 5.67. The van der Waals surface area contributed by atoms with Gasteiger partial charge < -0.3 is 10.2 Å². The van der Waals surface area contributed by atoms with E-state index in [1.54, 1.807) is 0 Å². The quantitative estimate of drug-likeness (QED) is 0.766. The van der Waals surface area contributed by atoms with Gasteiger partial charge in [0.2, 0.25) is 0 Å². The van der Waals surface area contributed by atoms with Gasteiger partial charge in [0.15, 0.2) is 5.76 Å². The third-order valence-corrected chi connectivity index (χ3v) is 2.49. The van der Waals surface area contributed by atoms with E-state index in [0.717, 1.165) is 17.9 Å². The number of aryl methyl sites for hydroxylation is 1. The van der Waals surface area contributed by atoms with Gasteiger partial charge in [0, 0.05) is 6.42 Å². The fraction of sp³-hybridized carbons (Fsp3) is 0.636. The average Bonchev–Trinajstić information content (AvgIpc) is 2.46. The van der Waals surface area contributed by atoms with Crippen molar-refractivity contribution in [3.8, 4) is 0 Å². The van der Waals surface area contributed by atoms with Crippen LogP contribution in [0.2, 0.25) is 0 Å². The van der Waals surface area contributed by atoms with Gasteiger partial charge in [0.25, 0.3) is 0 Å². The van der Waals surface area contributed by atoms with Crippen LogP contribution in [-0.2, 0) is 0 Å². The van der Waals surface area contributed by atoms with Crippen LogP contribution in [0.4, 0.5) is 0 Å². The van der Waals surface area contributed by atoms with Gasteiger partial charge in [0.1, 0.15) is 11.8 Å². The van der Waals surface area contributed by atoms with E-state index in [1.165, 1.54) is 5.56 Å². The van der Waals surface area contributed by atoms with Crippen LogP contribution in [0.25, 0.3) is 0 Å². The maximum absolute atomic E-state index is 5.67. The van der Waals surface area contributed by atoms with E-state index in [9.17, 15) is 0 Å². The van der Waals surface area contributed by atoms with Gasteiger partial charge in [-0.1, -0.05) is 20.8 Å². The molecular formula is C11H20NO+. The Morgan fingerprint density at radius 1 is 1.46 bits per heavy atom. The highest BCUT2D eigenvalue weighted by atomic mass is 16.3. The van der Waals surface area contributed by atoms with Crippen molar-refractivity contribution in [3.05, 3.63) is 23.2 Å². The van der Waals surface area contributed by atoms with Crippen LogP contribution < -0.4 is 5.73 Å². The first-order valence-corrected chi connectivity index (χ1v) is 4.99. The number of rotatable bonds is 3. The molecule has 0 fully saturated rings. The number of quaternary nitrogens is 1. The van der Waals surface area contributed by atoms with Crippen molar-refractivity contribution in [3.63, 3.8) is 0 Å². The number of furan rings is 1. The minimum Gasteiger partial charge on any atom is -0.460 e. The fourth-order valence-corrected chi connectivity index (χ4v) is 1.50. The number of hydrogen-bond acceptors (Lipinski definition) is 1. The molecule has 0 unspecified atom stereocenters. The largest absolute Gasteiger partial charge is 0.460 e. The van der Waals surface area contributed by atoms with Gasteiger partial charge in [-0.25, -0.2) is 0 Å². The molecule has 0 spiro atoms. The summed E-state index contributed by atoms with van der Waals surface area (Å²) in [7, 11) is 0. The van der Waals surface area contributed by atoms with Crippen molar-refractivity contribution < 1.29 is 10.2 Å². The minimum absolute atomic E-state index is 0.297. The third-order valence-electron chi connectivity index (χ3n) is 2.49. The standard InChI is InChI=1S/C11H19NO/c1-5-10(12)11-6-9(7(2)3)8(4)13-11/h6-7,10H,5,12H2,1-4H3/p+1/t10-/m1/s1. The minimum atomic E-state index is 0.297. The molecule has 0 saturated heterocycles. The summed E-state index contributed by atoms with van der Waals surface area (Å²) in [4.78, 5) is 0. The lowest BCUT2D eigenvalue weighted by Crippen LogP contribution is -2.52. The SMILES string of the molecule is CC[C@@H]([NH3+])c1cc(C(C)C)c(C)o1. The zero-order valence-corrected chi connectivity index (χ0v) is 9.05. The molecule has 13 heavy (non-hydrogen) atoms.